The van der Waals surface area contributed by atoms with Gasteiger partial charge >= 0.3 is 0 Å². The van der Waals surface area contributed by atoms with E-state index in [9.17, 15) is 8.42 Å². The summed E-state index contributed by atoms with van der Waals surface area (Å²) in [4.78, 5) is 0. The van der Waals surface area contributed by atoms with Gasteiger partial charge in [-0.3, -0.25) is 0 Å². The van der Waals surface area contributed by atoms with Gasteiger partial charge < -0.3 is 5.32 Å². The molecule has 2 aromatic rings. The van der Waals surface area contributed by atoms with E-state index < -0.39 is 15.1 Å². The predicted octanol–water partition coefficient (Wildman–Crippen LogP) is 1.57. The molecule has 2 atom stereocenters. The molecular weight excluding hydrogens is 274 g/mol. The van der Waals surface area contributed by atoms with Crippen LogP contribution in [0.15, 0.2) is 42.7 Å². The molecule has 0 aliphatic rings. The molecular formula is C14H19N3O2S. The molecule has 1 aromatic carbocycles. The summed E-state index contributed by atoms with van der Waals surface area (Å²) in [6, 6.07) is 9.44. The first-order valence-corrected chi connectivity index (χ1v) is 8.35. The number of para-hydroxylation sites is 1. The summed E-state index contributed by atoms with van der Waals surface area (Å²) in [6.07, 6.45) is 4.82. The standard InChI is InChI=1S/C14H19N3O2S/c1-11(20(3,18)19)14(15-2)12-9-16-17(10-12)13-7-5-4-6-8-13/h4-11,14-15H,1-3H3. The van der Waals surface area contributed by atoms with E-state index in [1.165, 1.54) is 6.26 Å². The van der Waals surface area contributed by atoms with Crippen molar-refractivity contribution in [3.63, 3.8) is 0 Å². The van der Waals surface area contributed by atoms with Crippen molar-refractivity contribution in [1.82, 2.24) is 15.1 Å². The second-order valence-electron chi connectivity index (χ2n) is 4.85. The Morgan fingerprint density at radius 2 is 1.90 bits per heavy atom. The highest BCUT2D eigenvalue weighted by Gasteiger charge is 2.27. The number of aromatic nitrogens is 2. The van der Waals surface area contributed by atoms with E-state index in [0.717, 1.165) is 11.3 Å². The van der Waals surface area contributed by atoms with E-state index >= 15 is 0 Å². The van der Waals surface area contributed by atoms with Gasteiger partial charge in [0.15, 0.2) is 9.84 Å². The summed E-state index contributed by atoms with van der Waals surface area (Å²) < 4.78 is 25.2. The molecule has 0 saturated heterocycles. The van der Waals surface area contributed by atoms with Crippen molar-refractivity contribution < 1.29 is 8.42 Å². The highest BCUT2D eigenvalue weighted by molar-refractivity contribution is 7.91. The van der Waals surface area contributed by atoms with Crippen LogP contribution in [0.1, 0.15) is 18.5 Å². The monoisotopic (exact) mass is 293 g/mol. The molecule has 1 aromatic heterocycles. The molecule has 20 heavy (non-hydrogen) atoms. The van der Waals surface area contributed by atoms with E-state index in [0.29, 0.717) is 0 Å². The van der Waals surface area contributed by atoms with Gasteiger partial charge in [-0.25, -0.2) is 13.1 Å². The maximum Gasteiger partial charge on any atom is 0.151 e. The molecule has 0 radical (unpaired) electrons. The molecule has 0 fully saturated rings. The minimum absolute atomic E-state index is 0.275. The molecule has 0 aliphatic heterocycles. The fraction of sp³-hybridized carbons (Fsp3) is 0.357. The van der Waals surface area contributed by atoms with Crippen molar-refractivity contribution in [2.45, 2.75) is 18.2 Å². The minimum Gasteiger partial charge on any atom is -0.312 e. The largest absolute Gasteiger partial charge is 0.312 e. The van der Waals surface area contributed by atoms with Crippen molar-refractivity contribution in [3.05, 3.63) is 48.3 Å². The average molecular weight is 293 g/mol. The summed E-state index contributed by atoms with van der Waals surface area (Å²) in [5, 5.41) is 6.85. The molecule has 0 spiro atoms. The van der Waals surface area contributed by atoms with E-state index in [2.05, 4.69) is 10.4 Å². The second kappa shape index (κ2) is 5.76. The highest BCUT2D eigenvalue weighted by Crippen LogP contribution is 2.22. The second-order valence-corrected chi connectivity index (χ2v) is 7.26. The Morgan fingerprint density at radius 1 is 1.25 bits per heavy atom. The van der Waals surface area contributed by atoms with Crippen LogP contribution in [0.4, 0.5) is 0 Å². The zero-order valence-corrected chi connectivity index (χ0v) is 12.6. The van der Waals surface area contributed by atoms with Gasteiger partial charge in [0.1, 0.15) is 0 Å². The van der Waals surface area contributed by atoms with Crippen molar-refractivity contribution >= 4 is 9.84 Å². The Morgan fingerprint density at radius 3 is 2.45 bits per heavy atom. The van der Waals surface area contributed by atoms with Crippen LogP contribution in [0.3, 0.4) is 0 Å². The van der Waals surface area contributed by atoms with Crippen LogP contribution in [0.2, 0.25) is 0 Å². The molecule has 1 heterocycles. The molecule has 0 aliphatic carbocycles. The number of rotatable bonds is 5. The number of hydrogen-bond donors (Lipinski definition) is 1. The molecule has 2 rings (SSSR count). The predicted molar refractivity (Wildman–Crippen MR) is 79.7 cm³/mol. The van der Waals surface area contributed by atoms with Crippen LogP contribution < -0.4 is 5.32 Å². The van der Waals surface area contributed by atoms with Crippen LogP contribution in [-0.4, -0.2) is 36.8 Å². The van der Waals surface area contributed by atoms with Crippen LogP contribution in [0.25, 0.3) is 5.69 Å². The normalized spacial score (nSPS) is 14.9. The fourth-order valence-electron chi connectivity index (χ4n) is 2.14. The Bertz CT molecular complexity index is 665. The van der Waals surface area contributed by atoms with Crippen LogP contribution in [0, 0.1) is 0 Å². The quantitative estimate of drug-likeness (QED) is 0.909. The first-order valence-electron chi connectivity index (χ1n) is 6.39. The van der Waals surface area contributed by atoms with Gasteiger partial charge in [0.05, 0.1) is 23.2 Å². The maximum atomic E-state index is 11.7. The summed E-state index contributed by atoms with van der Waals surface area (Å²) in [7, 11) is -1.36. The highest BCUT2D eigenvalue weighted by atomic mass is 32.2. The average Bonchev–Trinajstić information content (AvgIpc) is 2.89. The van der Waals surface area contributed by atoms with Crippen molar-refractivity contribution in [3.8, 4) is 5.69 Å². The van der Waals surface area contributed by atoms with Gasteiger partial charge in [-0.2, -0.15) is 5.10 Å². The van der Waals surface area contributed by atoms with Gasteiger partial charge in [-0.15, -0.1) is 0 Å². The number of sulfone groups is 1. The van der Waals surface area contributed by atoms with Gasteiger partial charge in [-0.1, -0.05) is 18.2 Å². The summed E-state index contributed by atoms with van der Waals surface area (Å²) in [5.41, 5.74) is 1.80. The summed E-state index contributed by atoms with van der Waals surface area (Å²) in [5.74, 6) is 0. The number of nitrogens with one attached hydrogen (secondary N) is 1. The third-order valence-electron chi connectivity index (χ3n) is 3.44. The lowest BCUT2D eigenvalue weighted by Gasteiger charge is -2.20. The molecule has 6 heteroatoms. The van der Waals surface area contributed by atoms with Crippen LogP contribution >= 0.6 is 0 Å². The molecule has 108 valence electrons. The number of nitrogens with zero attached hydrogens (tertiary/aromatic N) is 2. The third-order valence-corrected chi connectivity index (χ3v) is 5.06. The molecule has 0 amide bonds. The number of benzene rings is 1. The van der Waals surface area contributed by atoms with Gasteiger partial charge in [-0.05, 0) is 26.1 Å². The lowest BCUT2D eigenvalue weighted by molar-refractivity contribution is 0.535. The van der Waals surface area contributed by atoms with Gasteiger partial charge in [0.2, 0.25) is 0 Å². The Labute approximate surface area is 119 Å². The first kappa shape index (κ1) is 14.7. The fourth-order valence-corrected chi connectivity index (χ4v) is 2.93. The van der Waals surface area contributed by atoms with Crippen molar-refractivity contribution in [1.29, 1.82) is 0 Å². The smallest absolute Gasteiger partial charge is 0.151 e. The van der Waals surface area contributed by atoms with E-state index in [4.69, 9.17) is 0 Å². The zero-order chi connectivity index (χ0) is 14.8. The van der Waals surface area contributed by atoms with Crippen molar-refractivity contribution in [2.75, 3.05) is 13.3 Å². The summed E-state index contributed by atoms with van der Waals surface area (Å²) in [6.45, 7) is 1.70. The van der Waals surface area contributed by atoms with E-state index in [1.54, 1.807) is 24.9 Å². The van der Waals surface area contributed by atoms with Crippen LogP contribution in [0.5, 0.6) is 0 Å². The third kappa shape index (κ3) is 3.08. The lowest BCUT2D eigenvalue weighted by Crippen LogP contribution is -2.32. The van der Waals surface area contributed by atoms with E-state index in [1.807, 2.05) is 36.5 Å². The van der Waals surface area contributed by atoms with Crippen molar-refractivity contribution in [2.24, 2.45) is 0 Å². The zero-order valence-electron chi connectivity index (χ0n) is 11.8. The molecule has 5 nitrogen and oxygen atoms in total. The Kier molecular flexibility index (Phi) is 4.25. The minimum atomic E-state index is -3.12. The number of hydrogen-bond acceptors (Lipinski definition) is 4. The molecule has 0 bridgehead atoms. The maximum absolute atomic E-state index is 11.7. The van der Waals surface area contributed by atoms with E-state index in [-0.39, 0.29) is 6.04 Å². The molecule has 2 unspecified atom stereocenters. The Hall–Kier alpha value is -1.66. The lowest BCUT2D eigenvalue weighted by atomic mass is 10.1. The molecule has 1 N–H and O–H groups in total. The van der Waals surface area contributed by atoms with Gasteiger partial charge in [0, 0.05) is 18.0 Å². The first-order chi connectivity index (χ1) is 9.43. The van der Waals surface area contributed by atoms with Gasteiger partial charge in [0.25, 0.3) is 0 Å². The molecule has 0 saturated carbocycles. The topological polar surface area (TPSA) is 64.0 Å². The Balaban J connectivity index is 2.32. The SMILES string of the molecule is CNC(c1cnn(-c2ccccc2)c1)C(C)S(C)(=O)=O. The summed E-state index contributed by atoms with van der Waals surface area (Å²) >= 11 is 0. The van der Waals surface area contributed by atoms with Crippen LogP contribution in [-0.2, 0) is 9.84 Å².